The molecule has 1 unspecified atom stereocenters. The molecule has 1 aromatic carbocycles. The highest BCUT2D eigenvalue weighted by Crippen LogP contribution is 2.17. The molecule has 1 amide bonds. The van der Waals surface area contributed by atoms with Crippen LogP contribution >= 0.6 is 0 Å². The van der Waals surface area contributed by atoms with Crippen molar-refractivity contribution in [1.29, 1.82) is 0 Å². The third-order valence-electron chi connectivity index (χ3n) is 4.81. The highest BCUT2D eigenvalue weighted by atomic mass is 16.3. The van der Waals surface area contributed by atoms with Crippen LogP contribution in [0.25, 0.3) is 0 Å². The number of carbonyl (C=O) groups excluding carboxylic acids is 1. The number of benzene rings is 1. The van der Waals surface area contributed by atoms with Gasteiger partial charge in [0, 0.05) is 37.1 Å². The van der Waals surface area contributed by atoms with E-state index in [1.807, 2.05) is 24.3 Å². The van der Waals surface area contributed by atoms with Gasteiger partial charge in [0.25, 0.3) is 5.91 Å². The summed E-state index contributed by atoms with van der Waals surface area (Å²) < 4.78 is 0. The van der Waals surface area contributed by atoms with Gasteiger partial charge in [-0.1, -0.05) is 12.1 Å². The summed E-state index contributed by atoms with van der Waals surface area (Å²) in [6.45, 7) is 5.22. The van der Waals surface area contributed by atoms with Gasteiger partial charge in [-0.15, -0.1) is 0 Å². The number of aryl methyl sites for hydroxylation is 1. The first-order valence-electron chi connectivity index (χ1n) is 9.55. The number of aliphatic hydroxyl groups is 1. The van der Waals surface area contributed by atoms with E-state index in [1.165, 1.54) is 0 Å². The summed E-state index contributed by atoms with van der Waals surface area (Å²) in [6, 6.07) is 9.54. The van der Waals surface area contributed by atoms with Gasteiger partial charge in [-0.3, -0.25) is 4.79 Å². The van der Waals surface area contributed by atoms with Crippen LogP contribution in [0.2, 0.25) is 0 Å². The fraction of sp³-hybridized carbons (Fsp3) is 0.476. The highest BCUT2D eigenvalue weighted by Gasteiger charge is 2.23. The number of rotatable bonds is 6. The molecule has 1 aromatic heterocycles. The molecule has 1 aliphatic heterocycles. The van der Waals surface area contributed by atoms with E-state index in [1.54, 1.807) is 32.3 Å². The number of hydrogen-bond donors (Lipinski definition) is 2. The molecule has 2 N–H and O–H groups in total. The van der Waals surface area contributed by atoms with Gasteiger partial charge >= 0.3 is 0 Å². The molecule has 3 rings (SSSR count). The van der Waals surface area contributed by atoms with Gasteiger partial charge in [-0.05, 0) is 63.3 Å². The summed E-state index contributed by atoms with van der Waals surface area (Å²) in [4.78, 5) is 23.4. The van der Waals surface area contributed by atoms with E-state index in [0.717, 1.165) is 31.4 Å². The lowest BCUT2D eigenvalue weighted by atomic mass is 9.97. The molecule has 0 saturated carbocycles. The Hall–Kier alpha value is -2.47. The minimum absolute atomic E-state index is 0.0547. The molecule has 144 valence electrons. The Kier molecular flexibility index (Phi) is 6.06. The van der Waals surface area contributed by atoms with Crippen LogP contribution in [0.1, 0.15) is 49.0 Å². The van der Waals surface area contributed by atoms with Gasteiger partial charge in [-0.2, -0.15) is 0 Å². The van der Waals surface area contributed by atoms with Gasteiger partial charge in [0.2, 0.25) is 5.95 Å². The maximum atomic E-state index is 12.7. The monoisotopic (exact) mass is 368 g/mol. The van der Waals surface area contributed by atoms with Gasteiger partial charge in [0.15, 0.2) is 0 Å². The quantitative estimate of drug-likeness (QED) is 0.819. The number of anilines is 1. The molecule has 27 heavy (non-hydrogen) atoms. The average molecular weight is 368 g/mol. The van der Waals surface area contributed by atoms with Crippen LogP contribution < -0.4 is 10.2 Å². The molecule has 6 nitrogen and oxygen atoms in total. The van der Waals surface area contributed by atoms with Crippen molar-refractivity contribution < 1.29 is 9.90 Å². The van der Waals surface area contributed by atoms with E-state index >= 15 is 0 Å². The summed E-state index contributed by atoms with van der Waals surface area (Å²) in [5.74, 6) is 0.658. The number of carbonyl (C=O) groups is 1. The summed E-state index contributed by atoms with van der Waals surface area (Å²) in [5, 5.41) is 13.0. The van der Waals surface area contributed by atoms with Crippen LogP contribution in [0.3, 0.4) is 0 Å². The maximum Gasteiger partial charge on any atom is 0.251 e. The first-order chi connectivity index (χ1) is 12.9. The third kappa shape index (κ3) is 5.76. The zero-order chi connectivity index (χ0) is 19.3. The zero-order valence-electron chi connectivity index (χ0n) is 16.1. The van der Waals surface area contributed by atoms with Crippen LogP contribution in [0.5, 0.6) is 0 Å². The molecule has 0 radical (unpaired) electrons. The topological polar surface area (TPSA) is 78.4 Å². The summed E-state index contributed by atoms with van der Waals surface area (Å²) in [6.07, 6.45) is 6.83. The van der Waals surface area contributed by atoms with E-state index < -0.39 is 5.60 Å². The Morgan fingerprint density at radius 3 is 2.81 bits per heavy atom. The lowest BCUT2D eigenvalue weighted by Gasteiger charge is -2.33. The lowest BCUT2D eigenvalue weighted by Crippen LogP contribution is -2.48. The molecular formula is C21H28N4O2. The van der Waals surface area contributed by atoms with E-state index in [2.05, 4.69) is 20.2 Å². The molecule has 6 heteroatoms. The SMILES string of the molecule is CC(C)(O)CCc1cccc(C(=O)NC2CCCN(c3ncccn3)C2)c1. The van der Waals surface area contributed by atoms with Gasteiger partial charge in [0.05, 0.1) is 5.60 Å². The van der Waals surface area contributed by atoms with Gasteiger partial charge < -0.3 is 15.3 Å². The van der Waals surface area contributed by atoms with E-state index in [9.17, 15) is 9.90 Å². The zero-order valence-corrected chi connectivity index (χ0v) is 16.1. The van der Waals surface area contributed by atoms with Crippen molar-refractivity contribution in [3.8, 4) is 0 Å². The Labute approximate surface area is 160 Å². The molecule has 2 heterocycles. The molecular weight excluding hydrogens is 340 g/mol. The second-order valence-electron chi connectivity index (χ2n) is 7.82. The number of piperidine rings is 1. The normalized spacial score (nSPS) is 17.6. The van der Waals surface area contributed by atoms with Gasteiger partial charge in [0.1, 0.15) is 0 Å². The second-order valence-corrected chi connectivity index (χ2v) is 7.82. The fourth-order valence-electron chi connectivity index (χ4n) is 3.32. The van der Waals surface area contributed by atoms with E-state index in [0.29, 0.717) is 24.5 Å². The smallest absolute Gasteiger partial charge is 0.251 e. The van der Waals surface area contributed by atoms with Crippen molar-refractivity contribution in [2.75, 3.05) is 18.0 Å². The second kappa shape index (κ2) is 8.48. The number of amides is 1. The Balaban J connectivity index is 1.60. The first-order valence-corrected chi connectivity index (χ1v) is 9.55. The molecule has 1 aliphatic rings. The van der Waals surface area contributed by atoms with Crippen molar-refractivity contribution >= 4 is 11.9 Å². The van der Waals surface area contributed by atoms with E-state index in [4.69, 9.17) is 0 Å². The van der Waals surface area contributed by atoms with Crippen LogP contribution in [-0.4, -0.2) is 45.7 Å². The first kappa shape index (κ1) is 19.3. The Morgan fingerprint density at radius 2 is 2.07 bits per heavy atom. The Bertz CT molecular complexity index is 758. The molecule has 0 bridgehead atoms. The summed E-state index contributed by atoms with van der Waals surface area (Å²) >= 11 is 0. The van der Waals surface area contributed by atoms with Crippen molar-refractivity contribution in [3.05, 3.63) is 53.9 Å². The largest absolute Gasteiger partial charge is 0.390 e. The molecule has 1 fully saturated rings. The molecule has 1 saturated heterocycles. The number of hydrogen-bond acceptors (Lipinski definition) is 5. The summed E-state index contributed by atoms with van der Waals surface area (Å²) in [5.41, 5.74) is 1.02. The van der Waals surface area contributed by atoms with Crippen LogP contribution in [0.4, 0.5) is 5.95 Å². The van der Waals surface area contributed by atoms with E-state index in [-0.39, 0.29) is 11.9 Å². The molecule has 0 spiro atoms. The predicted octanol–water partition coefficient (Wildman–Crippen LogP) is 2.58. The molecule has 0 aliphatic carbocycles. The van der Waals surface area contributed by atoms with Crippen molar-refractivity contribution in [1.82, 2.24) is 15.3 Å². The minimum atomic E-state index is -0.705. The predicted molar refractivity (Wildman–Crippen MR) is 106 cm³/mol. The van der Waals surface area contributed by atoms with Crippen molar-refractivity contribution in [2.45, 2.75) is 51.2 Å². The fourth-order valence-corrected chi connectivity index (χ4v) is 3.32. The number of nitrogens with one attached hydrogen (secondary N) is 1. The highest BCUT2D eigenvalue weighted by molar-refractivity contribution is 5.94. The Morgan fingerprint density at radius 1 is 1.30 bits per heavy atom. The van der Waals surface area contributed by atoms with Crippen LogP contribution in [0.15, 0.2) is 42.7 Å². The minimum Gasteiger partial charge on any atom is -0.390 e. The van der Waals surface area contributed by atoms with Crippen molar-refractivity contribution in [3.63, 3.8) is 0 Å². The summed E-state index contributed by atoms with van der Waals surface area (Å²) in [7, 11) is 0. The maximum absolute atomic E-state index is 12.7. The lowest BCUT2D eigenvalue weighted by molar-refractivity contribution is 0.0714. The third-order valence-corrected chi connectivity index (χ3v) is 4.81. The van der Waals surface area contributed by atoms with Gasteiger partial charge in [-0.25, -0.2) is 9.97 Å². The van der Waals surface area contributed by atoms with Crippen molar-refractivity contribution in [2.24, 2.45) is 0 Å². The number of nitrogens with zero attached hydrogens (tertiary/aromatic N) is 3. The van der Waals surface area contributed by atoms with Crippen LogP contribution in [-0.2, 0) is 6.42 Å². The molecule has 2 aromatic rings. The van der Waals surface area contributed by atoms with Crippen LogP contribution in [0, 0.1) is 0 Å². The molecule has 1 atom stereocenters. The standard InChI is InChI=1S/C21H28N4O2/c1-21(2,27)10-9-16-6-3-7-17(14-16)19(26)24-18-8-4-13-25(15-18)20-22-11-5-12-23-20/h3,5-7,11-12,14,18,27H,4,8-10,13,15H2,1-2H3,(H,24,26). The average Bonchev–Trinajstić information content (AvgIpc) is 2.67. The number of aromatic nitrogens is 2.